The third kappa shape index (κ3) is 2.63. The molecule has 3 rings (SSSR count). The minimum absolute atomic E-state index is 0.428. The first kappa shape index (κ1) is 12.6. The number of allylic oxidation sites excluding steroid dienone is 1. The molecule has 0 atom stereocenters. The van der Waals surface area contributed by atoms with E-state index in [9.17, 15) is 4.79 Å². The lowest BCUT2D eigenvalue weighted by Crippen LogP contribution is -2.31. The summed E-state index contributed by atoms with van der Waals surface area (Å²) in [5.41, 5.74) is 1.13. The van der Waals surface area contributed by atoms with Crippen LogP contribution < -0.4 is 5.32 Å². The molecule has 1 saturated heterocycles. The van der Waals surface area contributed by atoms with Gasteiger partial charge in [0.2, 0.25) is 0 Å². The second kappa shape index (κ2) is 4.92. The highest BCUT2D eigenvalue weighted by atomic mass is 32.1. The fourth-order valence-electron chi connectivity index (χ4n) is 2.35. The number of anilines is 1. The van der Waals surface area contributed by atoms with Crippen LogP contribution in [-0.4, -0.2) is 35.2 Å². The number of ether oxygens (including phenoxy) is 2. The van der Waals surface area contributed by atoms with Gasteiger partial charge in [0.25, 0.3) is 0 Å². The molecule has 102 valence electrons. The number of nitrogens with one attached hydrogen (secondary N) is 1. The first-order valence-electron chi connectivity index (χ1n) is 6.10. The van der Waals surface area contributed by atoms with Gasteiger partial charge in [-0.3, -0.25) is 5.32 Å². The molecule has 19 heavy (non-hydrogen) atoms. The molecule has 6 nitrogen and oxygen atoms in total. The third-order valence-electron chi connectivity index (χ3n) is 3.26. The van der Waals surface area contributed by atoms with E-state index in [-0.39, 0.29) is 0 Å². The number of hydrogen-bond acceptors (Lipinski definition) is 5. The average Bonchev–Trinajstić information content (AvgIpc) is 3.00. The molecule has 1 aliphatic heterocycles. The quantitative estimate of drug-likeness (QED) is 0.871. The number of thiazole rings is 1. The summed E-state index contributed by atoms with van der Waals surface area (Å²) in [5.74, 6) is -0.428. The van der Waals surface area contributed by atoms with Crippen LogP contribution in [0.15, 0.2) is 12.3 Å². The van der Waals surface area contributed by atoms with Crippen LogP contribution in [0, 0.1) is 0 Å². The molecule has 0 saturated carbocycles. The van der Waals surface area contributed by atoms with E-state index < -0.39 is 11.9 Å². The summed E-state index contributed by atoms with van der Waals surface area (Å²) in [5, 5.41) is 12.4. The van der Waals surface area contributed by atoms with Crippen LogP contribution in [0.5, 0.6) is 0 Å². The predicted octanol–water partition coefficient (Wildman–Crippen LogP) is 2.54. The molecule has 1 fully saturated rings. The maximum absolute atomic E-state index is 10.5. The molecule has 2 heterocycles. The van der Waals surface area contributed by atoms with E-state index in [4.69, 9.17) is 14.6 Å². The van der Waals surface area contributed by atoms with Crippen molar-refractivity contribution in [3.8, 4) is 0 Å². The highest BCUT2D eigenvalue weighted by molar-refractivity contribution is 7.16. The molecule has 0 radical (unpaired) electrons. The van der Waals surface area contributed by atoms with E-state index in [0.29, 0.717) is 18.2 Å². The SMILES string of the molecule is O=C(O)Nc1cnc(C2=CCC3(CC2)OCCO3)s1. The van der Waals surface area contributed by atoms with Crippen molar-refractivity contribution in [1.82, 2.24) is 4.98 Å². The number of carboxylic acid groups (broad SMARTS) is 1. The minimum atomic E-state index is -1.07. The van der Waals surface area contributed by atoms with Gasteiger partial charge < -0.3 is 14.6 Å². The van der Waals surface area contributed by atoms with E-state index in [0.717, 1.165) is 29.8 Å². The summed E-state index contributed by atoms with van der Waals surface area (Å²) >= 11 is 1.35. The lowest BCUT2D eigenvalue weighted by Gasteiger charge is -2.30. The fourth-order valence-corrected chi connectivity index (χ4v) is 3.22. The molecule has 1 aliphatic carbocycles. The maximum atomic E-state index is 10.5. The summed E-state index contributed by atoms with van der Waals surface area (Å²) in [4.78, 5) is 14.8. The Morgan fingerprint density at radius 2 is 2.26 bits per heavy atom. The Hall–Kier alpha value is -1.44. The number of hydrogen-bond donors (Lipinski definition) is 2. The Morgan fingerprint density at radius 3 is 2.89 bits per heavy atom. The number of carbonyl (C=O) groups is 1. The molecule has 7 heteroatoms. The lowest BCUT2D eigenvalue weighted by molar-refractivity contribution is -0.159. The van der Waals surface area contributed by atoms with Crippen molar-refractivity contribution >= 4 is 28.0 Å². The largest absolute Gasteiger partial charge is 0.465 e. The summed E-state index contributed by atoms with van der Waals surface area (Å²) < 4.78 is 11.3. The highest BCUT2D eigenvalue weighted by Gasteiger charge is 2.38. The summed E-state index contributed by atoms with van der Waals surface area (Å²) in [6.07, 6.45) is 4.93. The Kier molecular flexibility index (Phi) is 3.26. The second-order valence-corrected chi connectivity index (χ2v) is 5.53. The van der Waals surface area contributed by atoms with Crippen molar-refractivity contribution in [2.45, 2.75) is 25.0 Å². The standard InChI is InChI=1S/C12H14N2O4S/c15-11(16)14-9-7-13-10(19-9)8-1-3-12(4-2-8)17-5-6-18-12/h1,7,14H,2-6H2,(H,15,16). The topological polar surface area (TPSA) is 80.7 Å². The Bertz CT molecular complexity index is 520. The van der Waals surface area contributed by atoms with Gasteiger partial charge in [-0.2, -0.15) is 0 Å². The van der Waals surface area contributed by atoms with Crippen LogP contribution in [-0.2, 0) is 9.47 Å². The van der Waals surface area contributed by atoms with Gasteiger partial charge in [-0.25, -0.2) is 9.78 Å². The van der Waals surface area contributed by atoms with Gasteiger partial charge in [-0.1, -0.05) is 17.4 Å². The lowest BCUT2D eigenvalue weighted by atomic mass is 9.94. The monoisotopic (exact) mass is 282 g/mol. The van der Waals surface area contributed by atoms with Crippen LogP contribution in [0.25, 0.3) is 5.57 Å². The zero-order valence-electron chi connectivity index (χ0n) is 10.2. The van der Waals surface area contributed by atoms with E-state index >= 15 is 0 Å². The molecule has 1 spiro atoms. The molecule has 0 bridgehead atoms. The summed E-state index contributed by atoms with van der Waals surface area (Å²) in [6, 6.07) is 0. The summed E-state index contributed by atoms with van der Waals surface area (Å²) in [7, 11) is 0. The molecular formula is C12H14N2O4S. The second-order valence-electron chi connectivity index (χ2n) is 4.50. The highest BCUT2D eigenvalue weighted by Crippen LogP contribution is 2.39. The van der Waals surface area contributed by atoms with Crippen LogP contribution in [0.4, 0.5) is 9.80 Å². The Balaban J connectivity index is 1.71. The first-order valence-corrected chi connectivity index (χ1v) is 6.92. The minimum Gasteiger partial charge on any atom is -0.465 e. The molecule has 0 aromatic carbocycles. The van der Waals surface area contributed by atoms with Gasteiger partial charge >= 0.3 is 6.09 Å². The van der Waals surface area contributed by atoms with E-state index in [1.807, 2.05) is 0 Å². The van der Waals surface area contributed by atoms with Crippen molar-refractivity contribution in [1.29, 1.82) is 0 Å². The molecule has 2 N–H and O–H groups in total. The summed E-state index contributed by atoms with van der Waals surface area (Å²) in [6.45, 7) is 1.32. The van der Waals surface area contributed by atoms with Crippen LogP contribution in [0.3, 0.4) is 0 Å². The molecular weight excluding hydrogens is 268 g/mol. The molecule has 1 aromatic rings. The zero-order valence-corrected chi connectivity index (χ0v) is 11.0. The number of nitrogens with zero attached hydrogens (tertiary/aromatic N) is 1. The Morgan fingerprint density at radius 1 is 1.47 bits per heavy atom. The maximum Gasteiger partial charge on any atom is 0.409 e. The van der Waals surface area contributed by atoms with Crippen molar-refractivity contribution in [3.63, 3.8) is 0 Å². The smallest absolute Gasteiger partial charge is 0.409 e. The Labute approximate surface area is 114 Å². The van der Waals surface area contributed by atoms with Crippen molar-refractivity contribution < 1.29 is 19.4 Å². The molecule has 0 unspecified atom stereocenters. The molecule has 1 aromatic heterocycles. The fraction of sp³-hybridized carbons (Fsp3) is 0.500. The van der Waals surface area contributed by atoms with Crippen molar-refractivity contribution in [2.75, 3.05) is 18.5 Å². The third-order valence-corrected chi connectivity index (χ3v) is 4.25. The van der Waals surface area contributed by atoms with Crippen LogP contribution in [0.1, 0.15) is 24.3 Å². The molecule has 1 amide bonds. The van der Waals surface area contributed by atoms with Crippen LogP contribution in [0.2, 0.25) is 0 Å². The predicted molar refractivity (Wildman–Crippen MR) is 70.2 cm³/mol. The molecule has 2 aliphatic rings. The first-order chi connectivity index (χ1) is 9.17. The van der Waals surface area contributed by atoms with Gasteiger partial charge in [-0.15, -0.1) is 0 Å². The number of amides is 1. The van der Waals surface area contributed by atoms with Gasteiger partial charge in [0.05, 0.1) is 19.4 Å². The van der Waals surface area contributed by atoms with Crippen molar-refractivity contribution in [2.24, 2.45) is 0 Å². The van der Waals surface area contributed by atoms with Crippen LogP contribution >= 0.6 is 11.3 Å². The normalized spacial score (nSPS) is 21.4. The van der Waals surface area contributed by atoms with E-state index in [2.05, 4.69) is 16.4 Å². The van der Waals surface area contributed by atoms with Crippen molar-refractivity contribution in [3.05, 3.63) is 17.3 Å². The van der Waals surface area contributed by atoms with Gasteiger partial charge in [-0.05, 0) is 12.0 Å². The van der Waals surface area contributed by atoms with Gasteiger partial charge in [0, 0.05) is 12.8 Å². The number of rotatable bonds is 2. The van der Waals surface area contributed by atoms with E-state index in [1.54, 1.807) is 6.20 Å². The zero-order chi connectivity index (χ0) is 13.3. The van der Waals surface area contributed by atoms with Gasteiger partial charge in [0.1, 0.15) is 10.0 Å². The van der Waals surface area contributed by atoms with E-state index in [1.165, 1.54) is 11.3 Å². The average molecular weight is 282 g/mol. The van der Waals surface area contributed by atoms with Gasteiger partial charge in [0.15, 0.2) is 5.79 Å². The number of aromatic nitrogens is 1.